The SMILES string of the molecule is CN=C(NCc1cccc(OCCN(C)C)c1)Nc1ccc(OC)c(OC)c1. The second-order valence-electron chi connectivity index (χ2n) is 6.42. The van der Waals surface area contributed by atoms with Gasteiger partial charge in [0.05, 0.1) is 14.2 Å². The van der Waals surface area contributed by atoms with Crippen LogP contribution in [0.3, 0.4) is 0 Å². The van der Waals surface area contributed by atoms with Crippen LogP contribution >= 0.6 is 0 Å². The summed E-state index contributed by atoms with van der Waals surface area (Å²) in [6.07, 6.45) is 0. The molecule has 28 heavy (non-hydrogen) atoms. The summed E-state index contributed by atoms with van der Waals surface area (Å²) in [5, 5.41) is 6.56. The molecule has 0 radical (unpaired) electrons. The van der Waals surface area contributed by atoms with E-state index in [-0.39, 0.29) is 0 Å². The van der Waals surface area contributed by atoms with Crippen LogP contribution in [-0.2, 0) is 6.54 Å². The van der Waals surface area contributed by atoms with Gasteiger partial charge in [-0.05, 0) is 43.9 Å². The highest BCUT2D eigenvalue weighted by molar-refractivity contribution is 5.93. The monoisotopic (exact) mass is 386 g/mol. The molecule has 152 valence electrons. The van der Waals surface area contributed by atoms with Crippen LogP contribution in [0.1, 0.15) is 5.56 Å². The van der Waals surface area contributed by atoms with E-state index in [1.54, 1.807) is 21.3 Å². The number of likely N-dealkylation sites (N-methyl/N-ethyl adjacent to an activating group) is 1. The van der Waals surface area contributed by atoms with Gasteiger partial charge in [-0.25, -0.2) is 0 Å². The first-order chi connectivity index (χ1) is 13.5. The summed E-state index contributed by atoms with van der Waals surface area (Å²) in [5.41, 5.74) is 1.96. The van der Waals surface area contributed by atoms with Crippen molar-refractivity contribution >= 4 is 11.6 Å². The van der Waals surface area contributed by atoms with Gasteiger partial charge in [0.2, 0.25) is 0 Å². The van der Waals surface area contributed by atoms with Crippen molar-refractivity contribution in [2.45, 2.75) is 6.54 Å². The standard InChI is InChI=1S/C21H30N4O3/c1-22-21(24-17-9-10-19(26-4)20(14-17)27-5)23-15-16-7-6-8-18(13-16)28-12-11-25(2)3/h6-10,13-14H,11-12,15H2,1-5H3,(H2,22,23,24). The van der Waals surface area contributed by atoms with Crippen molar-refractivity contribution in [3.05, 3.63) is 48.0 Å². The van der Waals surface area contributed by atoms with E-state index in [0.29, 0.717) is 30.6 Å². The first-order valence-corrected chi connectivity index (χ1v) is 9.12. The molecule has 2 N–H and O–H groups in total. The van der Waals surface area contributed by atoms with Crippen molar-refractivity contribution in [2.75, 3.05) is 53.8 Å². The van der Waals surface area contributed by atoms with Crippen LogP contribution in [0.5, 0.6) is 17.2 Å². The summed E-state index contributed by atoms with van der Waals surface area (Å²) in [7, 11) is 9.02. The Labute approximate surface area is 167 Å². The molecule has 2 aromatic rings. The van der Waals surface area contributed by atoms with Gasteiger partial charge in [0, 0.05) is 31.9 Å². The minimum atomic E-state index is 0.623. The minimum absolute atomic E-state index is 0.623. The van der Waals surface area contributed by atoms with E-state index < -0.39 is 0 Å². The molecule has 0 aromatic heterocycles. The third kappa shape index (κ3) is 6.66. The number of aliphatic imine (C=N–C) groups is 1. The molecule has 0 aliphatic carbocycles. The molecule has 0 aliphatic rings. The van der Waals surface area contributed by atoms with Crippen molar-refractivity contribution in [2.24, 2.45) is 4.99 Å². The van der Waals surface area contributed by atoms with Crippen molar-refractivity contribution in [3.8, 4) is 17.2 Å². The van der Waals surface area contributed by atoms with Gasteiger partial charge in [-0.15, -0.1) is 0 Å². The molecule has 0 heterocycles. The summed E-state index contributed by atoms with van der Waals surface area (Å²) >= 11 is 0. The van der Waals surface area contributed by atoms with Crippen LogP contribution in [0.15, 0.2) is 47.5 Å². The fourth-order valence-electron chi connectivity index (χ4n) is 2.51. The van der Waals surface area contributed by atoms with Gasteiger partial charge in [-0.2, -0.15) is 0 Å². The lowest BCUT2D eigenvalue weighted by Gasteiger charge is -2.15. The van der Waals surface area contributed by atoms with E-state index in [2.05, 4.69) is 26.6 Å². The number of anilines is 1. The van der Waals surface area contributed by atoms with E-state index >= 15 is 0 Å². The van der Waals surface area contributed by atoms with Gasteiger partial charge in [0.1, 0.15) is 12.4 Å². The normalized spacial score (nSPS) is 11.3. The number of ether oxygens (including phenoxy) is 3. The van der Waals surface area contributed by atoms with Gasteiger partial charge in [0.15, 0.2) is 17.5 Å². The Morgan fingerprint density at radius 3 is 2.50 bits per heavy atom. The van der Waals surface area contributed by atoms with Crippen LogP contribution in [0, 0.1) is 0 Å². The maximum absolute atomic E-state index is 5.79. The Morgan fingerprint density at radius 1 is 1.04 bits per heavy atom. The van der Waals surface area contributed by atoms with Gasteiger partial charge in [-0.1, -0.05) is 12.1 Å². The van der Waals surface area contributed by atoms with Gasteiger partial charge in [0.25, 0.3) is 0 Å². The molecule has 0 spiro atoms. The lowest BCUT2D eigenvalue weighted by Crippen LogP contribution is -2.30. The Morgan fingerprint density at radius 2 is 1.82 bits per heavy atom. The molecular formula is C21H30N4O3. The number of hydrogen-bond acceptors (Lipinski definition) is 5. The van der Waals surface area contributed by atoms with Crippen LogP contribution in [-0.4, -0.2) is 59.4 Å². The van der Waals surface area contributed by atoms with E-state index in [1.807, 2.05) is 50.5 Å². The van der Waals surface area contributed by atoms with E-state index in [4.69, 9.17) is 14.2 Å². The lowest BCUT2D eigenvalue weighted by molar-refractivity contribution is 0.261. The van der Waals surface area contributed by atoms with Crippen LogP contribution in [0.2, 0.25) is 0 Å². The number of benzene rings is 2. The zero-order valence-corrected chi connectivity index (χ0v) is 17.3. The average Bonchev–Trinajstić information content (AvgIpc) is 2.71. The highest BCUT2D eigenvalue weighted by Crippen LogP contribution is 2.29. The Balaban J connectivity index is 1.93. The third-order valence-electron chi connectivity index (χ3n) is 4.04. The first-order valence-electron chi connectivity index (χ1n) is 9.12. The highest BCUT2D eigenvalue weighted by atomic mass is 16.5. The maximum atomic E-state index is 5.79. The number of hydrogen-bond donors (Lipinski definition) is 2. The summed E-state index contributed by atoms with van der Waals surface area (Å²) in [4.78, 5) is 6.37. The number of rotatable bonds is 9. The zero-order chi connectivity index (χ0) is 20.4. The molecule has 2 rings (SSSR count). The van der Waals surface area contributed by atoms with Crippen LogP contribution in [0.25, 0.3) is 0 Å². The number of guanidine groups is 1. The summed E-state index contributed by atoms with van der Waals surface area (Å²) in [6, 6.07) is 13.7. The van der Waals surface area contributed by atoms with Crippen molar-refractivity contribution < 1.29 is 14.2 Å². The fourth-order valence-corrected chi connectivity index (χ4v) is 2.51. The lowest BCUT2D eigenvalue weighted by atomic mass is 10.2. The predicted molar refractivity (Wildman–Crippen MR) is 114 cm³/mol. The average molecular weight is 386 g/mol. The second-order valence-corrected chi connectivity index (χ2v) is 6.42. The number of methoxy groups -OCH3 is 2. The largest absolute Gasteiger partial charge is 0.493 e. The fraction of sp³-hybridized carbons (Fsp3) is 0.381. The number of nitrogens with one attached hydrogen (secondary N) is 2. The van der Waals surface area contributed by atoms with Crippen LogP contribution in [0.4, 0.5) is 5.69 Å². The molecule has 7 heteroatoms. The molecule has 0 bridgehead atoms. The Bertz CT molecular complexity index is 778. The smallest absolute Gasteiger partial charge is 0.195 e. The summed E-state index contributed by atoms with van der Waals surface area (Å²) < 4.78 is 16.4. The van der Waals surface area contributed by atoms with E-state index in [9.17, 15) is 0 Å². The molecule has 0 fully saturated rings. The van der Waals surface area contributed by atoms with Crippen molar-refractivity contribution in [1.82, 2.24) is 10.2 Å². The first kappa shape index (κ1) is 21.4. The Kier molecular flexibility index (Phi) is 8.42. The van der Waals surface area contributed by atoms with Crippen molar-refractivity contribution in [1.29, 1.82) is 0 Å². The Hall–Kier alpha value is -2.93. The maximum Gasteiger partial charge on any atom is 0.195 e. The molecule has 7 nitrogen and oxygen atoms in total. The molecule has 0 atom stereocenters. The molecule has 0 saturated heterocycles. The van der Waals surface area contributed by atoms with Gasteiger partial charge in [-0.3, -0.25) is 4.99 Å². The van der Waals surface area contributed by atoms with E-state index in [1.165, 1.54) is 0 Å². The number of nitrogens with zero attached hydrogens (tertiary/aromatic N) is 2. The molecule has 0 amide bonds. The van der Waals surface area contributed by atoms with Crippen molar-refractivity contribution in [3.63, 3.8) is 0 Å². The molecule has 0 aliphatic heterocycles. The molecule has 0 unspecified atom stereocenters. The predicted octanol–water partition coefficient (Wildman–Crippen LogP) is 2.83. The zero-order valence-electron chi connectivity index (χ0n) is 17.3. The van der Waals surface area contributed by atoms with Gasteiger partial charge < -0.3 is 29.7 Å². The third-order valence-corrected chi connectivity index (χ3v) is 4.04. The highest BCUT2D eigenvalue weighted by Gasteiger charge is 2.06. The minimum Gasteiger partial charge on any atom is -0.493 e. The summed E-state index contributed by atoms with van der Waals surface area (Å²) in [5.74, 6) is 2.86. The summed E-state index contributed by atoms with van der Waals surface area (Å²) in [6.45, 7) is 2.16. The molecule has 2 aromatic carbocycles. The van der Waals surface area contributed by atoms with E-state index in [0.717, 1.165) is 23.5 Å². The molecule has 0 saturated carbocycles. The van der Waals surface area contributed by atoms with Gasteiger partial charge >= 0.3 is 0 Å². The molecular weight excluding hydrogens is 356 g/mol. The second kappa shape index (κ2) is 11.0. The van der Waals surface area contributed by atoms with Crippen LogP contribution < -0.4 is 24.8 Å². The topological polar surface area (TPSA) is 67.4 Å². The quantitative estimate of drug-likeness (QED) is 0.510.